The average molecular weight is 264 g/mol. The smallest absolute Gasteiger partial charge is 0.347 e. The minimum Gasteiger partial charge on any atom is -0.459 e. The van der Waals surface area contributed by atoms with E-state index in [9.17, 15) is 9.59 Å². The van der Waals surface area contributed by atoms with Crippen LogP contribution in [0, 0.1) is 0 Å². The van der Waals surface area contributed by atoms with Gasteiger partial charge in [0.05, 0.1) is 0 Å². The number of hydrogen-bond acceptors (Lipinski definition) is 4. The van der Waals surface area contributed by atoms with E-state index in [1.807, 2.05) is 44.2 Å². The van der Waals surface area contributed by atoms with Crippen molar-refractivity contribution < 1.29 is 19.1 Å². The molecule has 0 fully saturated rings. The minimum absolute atomic E-state index is 0.0784. The summed E-state index contributed by atoms with van der Waals surface area (Å²) in [5.41, 5.74) is 1.10. The SMILES string of the molecule is CC(=O)OC(C)C(=O)OC(C)C(C)c1ccccc1. The van der Waals surface area contributed by atoms with Crippen molar-refractivity contribution in [2.75, 3.05) is 0 Å². The Morgan fingerprint density at radius 3 is 2.11 bits per heavy atom. The molecule has 1 aromatic rings. The second-order valence-electron chi connectivity index (χ2n) is 4.59. The van der Waals surface area contributed by atoms with E-state index in [1.165, 1.54) is 13.8 Å². The van der Waals surface area contributed by atoms with Crippen molar-refractivity contribution in [1.29, 1.82) is 0 Å². The van der Waals surface area contributed by atoms with Crippen molar-refractivity contribution in [3.8, 4) is 0 Å². The Balaban J connectivity index is 2.57. The van der Waals surface area contributed by atoms with Crippen LogP contribution in [0.1, 0.15) is 39.2 Å². The number of carbonyl (C=O) groups is 2. The van der Waals surface area contributed by atoms with Crippen molar-refractivity contribution in [3.05, 3.63) is 35.9 Å². The second kappa shape index (κ2) is 6.92. The van der Waals surface area contributed by atoms with E-state index in [4.69, 9.17) is 9.47 Å². The summed E-state index contributed by atoms with van der Waals surface area (Å²) >= 11 is 0. The lowest BCUT2D eigenvalue weighted by Gasteiger charge is -2.22. The highest BCUT2D eigenvalue weighted by atomic mass is 16.6. The number of esters is 2. The molecular formula is C15H20O4. The third kappa shape index (κ3) is 4.73. The van der Waals surface area contributed by atoms with E-state index >= 15 is 0 Å². The van der Waals surface area contributed by atoms with Crippen molar-refractivity contribution in [2.45, 2.75) is 45.8 Å². The Labute approximate surface area is 113 Å². The summed E-state index contributed by atoms with van der Waals surface area (Å²) in [5.74, 6) is -0.937. The van der Waals surface area contributed by atoms with Crippen LogP contribution in [0.25, 0.3) is 0 Å². The molecule has 3 unspecified atom stereocenters. The molecule has 0 saturated carbocycles. The lowest BCUT2D eigenvalue weighted by Crippen LogP contribution is -2.30. The Kier molecular flexibility index (Phi) is 5.55. The van der Waals surface area contributed by atoms with Gasteiger partial charge in [0.1, 0.15) is 6.10 Å². The maximum Gasteiger partial charge on any atom is 0.347 e. The van der Waals surface area contributed by atoms with Crippen molar-refractivity contribution in [1.82, 2.24) is 0 Å². The highest BCUT2D eigenvalue weighted by Gasteiger charge is 2.23. The number of benzene rings is 1. The van der Waals surface area contributed by atoms with Gasteiger partial charge in [-0.05, 0) is 19.4 Å². The quantitative estimate of drug-likeness (QED) is 0.767. The molecule has 4 nitrogen and oxygen atoms in total. The maximum absolute atomic E-state index is 11.7. The molecule has 0 aliphatic rings. The first kappa shape index (κ1) is 15.2. The first-order chi connectivity index (χ1) is 8.91. The standard InChI is InChI=1S/C15H20O4/c1-10(14-8-6-5-7-9-14)11(2)19-15(17)12(3)18-13(4)16/h5-12H,1-4H3. The van der Waals surface area contributed by atoms with Gasteiger partial charge in [-0.3, -0.25) is 4.79 Å². The Morgan fingerprint density at radius 2 is 1.58 bits per heavy atom. The molecular weight excluding hydrogens is 244 g/mol. The molecule has 4 heteroatoms. The fourth-order valence-electron chi connectivity index (χ4n) is 1.71. The summed E-state index contributed by atoms with van der Waals surface area (Å²) < 4.78 is 10.1. The lowest BCUT2D eigenvalue weighted by atomic mass is 9.96. The van der Waals surface area contributed by atoms with Gasteiger partial charge in [0.15, 0.2) is 6.10 Å². The van der Waals surface area contributed by atoms with Crippen molar-refractivity contribution in [3.63, 3.8) is 0 Å². The van der Waals surface area contributed by atoms with E-state index in [2.05, 4.69) is 0 Å². The topological polar surface area (TPSA) is 52.6 Å². The first-order valence-corrected chi connectivity index (χ1v) is 6.34. The predicted molar refractivity (Wildman–Crippen MR) is 71.6 cm³/mol. The zero-order valence-electron chi connectivity index (χ0n) is 11.8. The summed E-state index contributed by atoms with van der Waals surface area (Å²) in [5, 5.41) is 0. The van der Waals surface area contributed by atoms with E-state index in [-0.39, 0.29) is 12.0 Å². The van der Waals surface area contributed by atoms with Crippen molar-refractivity contribution in [2.24, 2.45) is 0 Å². The van der Waals surface area contributed by atoms with E-state index < -0.39 is 18.0 Å². The number of hydrogen-bond donors (Lipinski definition) is 0. The summed E-state index contributed by atoms with van der Waals surface area (Å²) in [6, 6.07) is 9.81. The van der Waals surface area contributed by atoms with Gasteiger partial charge in [-0.25, -0.2) is 4.79 Å². The van der Waals surface area contributed by atoms with Crippen LogP contribution in [-0.2, 0) is 19.1 Å². The molecule has 104 valence electrons. The Hall–Kier alpha value is -1.84. The van der Waals surface area contributed by atoms with E-state index in [0.29, 0.717) is 0 Å². The maximum atomic E-state index is 11.7. The molecule has 0 aromatic heterocycles. The third-order valence-electron chi connectivity index (χ3n) is 3.01. The molecule has 0 amide bonds. The van der Waals surface area contributed by atoms with Gasteiger partial charge in [0, 0.05) is 12.8 Å². The molecule has 0 spiro atoms. The zero-order valence-corrected chi connectivity index (χ0v) is 11.8. The Morgan fingerprint density at radius 1 is 1.00 bits per heavy atom. The molecule has 0 bridgehead atoms. The van der Waals surface area contributed by atoms with Crippen molar-refractivity contribution >= 4 is 11.9 Å². The van der Waals surface area contributed by atoms with Crippen LogP contribution in [0.5, 0.6) is 0 Å². The Bertz CT molecular complexity index is 427. The fraction of sp³-hybridized carbons (Fsp3) is 0.467. The average Bonchev–Trinajstić information content (AvgIpc) is 2.37. The normalized spacial score (nSPS) is 15.2. The molecule has 0 aliphatic heterocycles. The van der Waals surface area contributed by atoms with Crippen LogP contribution in [-0.4, -0.2) is 24.1 Å². The second-order valence-corrected chi connectivity index (χ2v) is 4.59. The lowest BCUT2D eigenvalue weighted by molar-refractivity contribution is -0.169. The monoisotopic (exact) mass is 264 g/mol. The van der Waals surface area contributed by atoms with E-state index in [1.54, 1.807) is 0 Å². The molecule has 1 aromatic carbocycles. The van der Waals surface area contributed by atoms with Gasteiger partial charge >= 0.3 is 11.9 Å². The fourth-order valence-corrected chi connectivity index (χ4v) is 1.71. The van der Waals surface area contributed by atoms with Crippen LogP contribution in [0.2, 0.25) is 0 Å². The molecule has 19 heavy (non-hydrogen) atoms. The largest absolute Gasteiger partial charge is 0.459 e. The zero-order chi connectivity index (χ0) is 14.4. The van der Waals surface area contributed by atoms with Crippen LogP contribution < -0.4 is 0 Å². The van der Waals surface area contributed by atoms with Gasteiger partial charge in [-0.15, -0.1) is 0 Å². The highest BCUT2D eigenvalue weighted by molar-refractivity contribution is 5.78. The first-order valence-electron chi connectivity index (χ1n) is 6.34. The number of ether oxygens (including phenoxy) is 2. The molecule has 0 N–H and O–H groups in total. The van der Waals surface area contributed by atoms with Crippen LogP contribution in [0.4, 0.5) is 0 Å². The van der Waals surface area contributed by atoms with Gasteiger partial charge in [-0.1, -0.05) is 37.3 Å². The van der Waals surface area contributed by atoms with Gasteiger partial charge in [0.25, 0.3) is 0 Å². The summed E-state index contributed by atoms with van der Waals surface area (Å²) in [4.78, 5) is 22.5. The van der Waals surface area contributed by atoms with Crippen LogP contribution in [0.3, 0.4) is 0 Å². The number of rotatable bonds is 5. The molecule has 3 atom stereocenters. The number of carbonyl (C=O) groups excluding carboxylic acids is 2. The van der Waals surface area contributed by atoms with Crippen LogP contribution in [0.15, 0.2) is 30.3 Å². The van der Waals surface area contributed by atoms with Gasteiger partial charge in [0.2, 0.25) is 0 Å². The third-order valence-corrected chi connectivity index (χ3v) is 3.01. The van der Waals surface area contributed by atoms with Gasteiger partial charge in [-0.2, -0.15) is 0 Å². The van der Waals surface area contributed by atoms with Gasteiger partial charge < -0.3 is 9.47 Å². The van der Waals surface area contributed by atoms with E-state index in [0.717, 1.165) is 5.56 Å². The molecule has 0 aliphatic carbocycles. The van der Waals surface area contributed by atoms with Crippen LogP contribution >= 0.6 is 0 Å². The summed E-state index contributed by atoms with van der Waals surface area (Å²) in [6.45, 7) is 6.59. The minimum atomic E-state index is -0.872. The predicted octanol–water partition coefficient (Wildman–Crippen LogP) is 2.67. The highest BCUT2D eigenvalue weighted by Crippen LogP contribution is 2.21. The molecule has 1 rings (SSSR count). The summed E-state index contributed by atoms with van der Waals surface area (Å²) in [6.07, 6.45) is -1.16. The summed E-state index contributed by atoms with van der Waals surface area (Å²) in [7, 11) is 0. The molecule has 0 heterocycles. The molecule has 0 saturated heterocycles. The molecule has 0 radical (unpaired) electrons.